The molecule has 1 aliphatic rings. The first-order valence-electron chi connectivity index (χ1n) is 5.51. The van der Waals surface area contributed by atoms with Crippen LogP contribution >= 0.6 is 0 Å². The molecule has 84 valence electrons. The Balaban J connectivity index is 2.22. The SMILES string of the molecule is NCC(O)c1nc2cnccc2n1C1CC1. The summed E-state index contributed by atoms with van der Waals surface area (Å²) in [7, 11) is 0. The minimum absolute atomic E-state index is 0.198. The molecule has 3 N–H and O–H groups in total. The monoisotopic (exact) mass is 218 g/mol. The molecule has 5 heteroatoms. The van der Waals surface area contributed by atoms with Gasteiger partial charge in [-0.25, -0.2) is 4.98 Å². The highest BCUT2D eigenvalue weighted by Gasteiger charge is 2.30. The molecule has 1 fully saturated rings. The molecule has 1 atom stereocenters. The Bertz CT molecular complexity index is 518. The molecule has 0 amide bonds. The Morgan fingerprint density at radius 3 is 3.06 bits per heavy atom. The van der Waals surface area contributed by atoms with E-state index in [1.54, 1.807) is 12.4 Å². The zero-order chi connectivity index (χ0) is 11.1. The number of aliphatic hydroxyl groups is 1. The number of fused-ring (bicyclic) bond motifs is 1. The molecule has 3 rings (SSSR count). The fourth-order valence-corrected chi connectivity index (χ4v) is 2.03. The van der Waals surface area contributed by atoms with E-state index in [0.717, 1.165) is 23.9 Å². The zero-order valence-corrected chi connectivity index (χ0v) is 8.87. The van der Waals surface area contributed by atoms with Crippen molar-refractivity contribution < 1.29 is 5.11 Å². The number of aliphatic hydroxyl groups excluding tert-OH is 1. The van der Waals surface area contributed by atoms with Crippen LogP contribution in [0.15, 0.2) is 18.5 Å². The van der Waals surface area contributed by atoms with Crippen LogP contribution in [0.5, 0.6) is 0 Å². The van der Waals surface area contributed by atoms with Gasteiger partial charge in [0.1, 0.15) is 17.4 Å². The molecule has 1 unspecified atom stereocenters. The van der Waals surface area contributed by atoms with Gasteiger partial charge in [-0.05, 0) is 18.9 Å². The Labute approximate surface area is 92.9 Å². The molecular formula is C11H14N4O. The molecule has 0 spiro atoms. The van der Waals surface area contributed by atoms with Crippen molar-refractivity contribution in [1.29, 1.82) is 0 Å². The number of pyridine rings is 1. The molecule has 0 aromatic carbocycles. The van der Waals surface area contributed by atoms with Crippen LogP contribution < -0.4 is 5.73 Å². The van der Waals surface area contributed by atoms with E-state index in [9.17, 15) is 5.11 Å². The van der Waals surface area contributed by atoms with Gasteiger partial charge in [0, 0.05) is 18.8 Å². The van der Waals surface area contributed by atoms with Crippen molar-refractivity contribution in [1.82, 2.24) is 14.5 Å². The van der Waals surface area contributed by atoms with E-state index in [1.165, 1.54) is 0 Å². The third-order valence-corrected chi connectivity index (χ3v) is 2.95. The van der Waals surface area contributed by atoms with Gasteiger partial charge in [-0.15, -0.1) is 0 Å². The van der Waals surface area contributed by atoms with Crippen molar-refractivity contribution >= 4 is 11.0 Å². The molecule has 0 aliphatic heterocycles. The third kappa shape index (κ3) is 1.40. The number of nitrogens with zero attached hydrogens (tertiary/aromatic N) is 3. The van der Waals surface area contributed by atoms with Crippen LogP contribution in [0, 0.1) is 0 Å². The Hall–Kier alpha value is -1.46. The number of rotatable bonds is 3. The third-order valence-electron chi connectivity index (χ3n) is 2.95. The van der Waals surface area contributed by atoms with Crippen molar-refractivity contribution in [2.75, 3.05) is 6.54 Å². The van der Waals surface area contributed by atoms with E-state index in [4.69, 9.17) is 5.73 Å². The molecule has 0 bridgehead atoms. The fraction of sp³-hybridized carbons (Fsp3) is 0.455. The van der Waals surface area contributed by atoms with Crippen molar-refractivity contribution in [2.45, 2.75) is 25.0 Å². The highest BCUT2D eigenvalue weighted by Crippen LogP contribution is 2.39. The maximum Gasteiger partial charge on any atom is 0.140 e. The van der Waals surface area contributed by atoms with Gasteiger partial charge < -0.3 is 15.4 Å². The van der Waals surface area contributed by atoms with Gasteiger partial charge in [-0.1, -0.05) is 0 Å². The van der Waals surface area contributed by atoms with Gasteiger partial charge in [-0.2, -0.15) is 0 Å². The highest BCUT2D eigenvalue weighted by atomic mass is 16.3. The molecule has 5 nitrogen and oxygen atoms in total. The van der Waals surface area contributed by atoms with E-state index in [0.29, 0.717) is 11.9 Å². The molecule has 2 heterocycles. The van der Waals surface area contributed by atoms with Gasteiger partial charge in [0.15, 0.2) is 0 Å². The smallest absolute Gasteiger partial charge is 0.140 e. The van der Waals surface area contributed by atoms with Crippen molar-refractivity contribution in [3.8, 4) is 0 Å². The summed E-state index contributed by atoms with van der Waals surface area (Å²) in [5.74, 6) is 0.674. The first-order valence-corrected chi connectivity index (χ1v) is 5.51. The van der Waals surface area contributed by atoms with E-state index in [1.807, 2.05) is 6.07 Å². The molecule has 0 radical (unpaired) electrons. The summed E-state index contributed by atoms with van der Waals surface area (Å²) >= 11 is 0. The standard InChI is InChI=1S/C11H14N4O/c12-5-10(16)11-14-8-6-13-4-3-9(8)15(11)7-1-2-7/h3-4,6-7,10,16H,1-2,5,12H2. The van der Waals surface area contributed by atoms with E-state index in [2.05, 4.69) is 14.5 Å². The van der Waals surface area contributed by atoms with Gasteiger partial charge in [0.2, 0.25) is 0 Å². The van der Waals surface area contributed by atoms with Crippen LogP contribution in [-0.4, -0.2) is 26.2 Å². The fourth-order valence-electron chi connectivity index (χ4n) is 2.03. The minimum Gasteiger partial charge on any atom is -0.384 e. The van der Waals surface area contributed by atoms with E-state index < -0.39 is 6.10 Å². The largest absolute Gasteiger partial charge is 0.384 e. The molecule has 0 saturated heterocycles. The van der Waals surface area contributed by atoms with Gasteiger partial charge in [0.05, 0.1) is 11.7 Å². The average molecular weight is 218 g/mol. The highest BCUT2D eigenvalue weighted by molar-refractivity contribution is 5.75. The summed E-state index contributed by atoms with van der Waals surface area (Å²) in [6, 6.07) is 2.41. The number of hydrogen-bond donors (Lipinski definition) is 2. The summed E-state index contributed by atoms with van der Waals surface area (Å²) in [6.07, 6.45) is 5.09. The van der Waals surface area contributed by atoms with Gasteiger partial charge in [-0.3, -0.25) is 4.98 Å². The van der Waals surface area contributed by atoms with E-state index >= 15 is 0 Å². The lowest BCUT2D eigenvalue weighted by molar-refractivity contribution is 0.172. The molecule has 16 heavy (non-hydrogen) atoms. The van der Waals surface area contributed by atoms with Crippen LogP contribution in [0.1, 0.15) is 30.8 Å². The van der Waals surface area contributed by atoms with Crippen LogP contribution in [0.2, 0.25) is 0 Å². The number of nitrogens with two attached hydrogens (primary N) is 1. The van der Waals surface area contributed by atoms with Crippen LogP contribution in [0.3, 0.4) is 0 Å². The second kappa shape index (κ2) is 3.54. The lowest BCUT2D eigenvalue weighted by Crippen LogP contribution is -2.16. The topological polar surface area (TPSA) is 77.0 Å². The maximum absolute atomic E-state index is 9.86. The summed E-state index contributed by atoms with van der Waals surface area (Å²) in [4.78, 5) is 8.46. The molecule has 1 saturated carbocycles. The van der Waals surface area contributed by atoms with E-state index in [-0.39, 0.29) is 6.54 Å². The first-order chi connectivity index (χ1) is 7.81. The van der Waals surface area contributed by atoms with Crippen molar-refractivity contribution in [2.24, 2.45) is 5.73 Å². The molecule has 2 aromatic heterocycles. The Morgan fingerprint density at radius 1 is 1.56 bits per heavy atom. The average Bonchev–Trinajstić information content (AvgIpc) is 3.08. The van der Waals surface area contributed by atoms with Gasteiger partial charge >= 0.3 is 0 Å². The lowest BCUT2D eigenvalue weighted by atomic mass is 10.3. The summed E-state index contributed by atoms with van der Waals surface area (Å²) < 4.78 is 2.11. The number of hydrogen-bond acceptors (Lipinski definition) is 4. The van der Waals surface area contributed by atoms with Gasteiger partial charge in [0.25, 0.3) is 0 Å². The number of imidazole rings is 1. The molecule has 2 aromatic rings. The summed E-state index contributed by atoms with van der Waals surface area (Å²) in [6.45, 7) is 0.198. The number of aromatic nitrogens is 3. The van der Waals surface area contributed by atoms with Crippen molar-refractivity contribution in [3.05, 3.63) is 24.3 Å². The minimum atomic E-state index is -0.687. The first kappa shape index (κ1) is 9.74. The lowest BCUT2D eigenvalue weighted by Gasteiger charge is -2.11. The normalized spacial score (nSPS) is 17.9. The Kier molecular flexibility index (Phi) is 2.15. The maximum atomic E-state index is 9.86. The van der Waals surface area contributed by atoms with Crippen LogP contribution in [-0.2, 0) is 0 Å². The van der Waals surface area contributed by atoms with Crippen LogP contribution in [0.4, 0.5) is 0 Å². The molecular weight excluding hydrogens is 204 g/mol. The second-order valence-corrected chi connectivity index (χ2v) is 4.19. The molecule has 1 aliphatic carbocycles. The summed E-state index contributed by atoms with van der Waals surface area (Å²) in [5.41, 5.74) is 7.37. The second-order valence-electron chi connectivity index (χ2n) is 4.19. The van der Waals surface area contributed by atoms with Crippen molar-refractivity contribution in [3.63, 3.8) is 0 Å². The summed E-state index contributed by atoms with van der Waals surface area (Å²) in [5, 5.41) is 9.86. The predicted molar refractivity (Wildman–Crippen MR) is 59.8 cm³/mol. The van der Waals surface area contributed by atoms with Crippen LogP contribution in [0.25, 0.3) is 11.0 Å². The zero-order valence-electron chi connectivity index (χ0n) is 8.87. The quantitative estimate of drug-likeness (QED) is 0.797. The predicted octanol–water partition coefficient (Wildman–Crippen LogP) is 0.758. The Morgan fingerprint density at radius 2 is 2.38 bits per heavy atom.